The highest BCUT2D eigenvalue weighted by Gasteiger charge is 2.19. The second kappa shape index (κ2) is 3.18. The maximum Gasteiger partial charge on any atom is 0.293 e. The first-order valence-corrected chi connectivity index (χ1v) is 4.54. The van der Waals surface area contributed by atoms with Gasteiger partial charge in [-0.1, -0.05) is 13.8 Å². The summed E-state index contributed by atoms with van der Waals surface area (Å²) in [5.41, 5.74) is 5.72. The van der Waals surface area contributed by atoms with Gasteiger partial charge in [-0.3, -0.25) is 0 Å². The summed E-state index contributed by atoms with van der Waals surface area (Å²) in [5, 5.41) is 0. The van der Waals surface area contributed by atoms with E-state index in [4.69, 9.17) is 10.2 Å². The molecule has 3 nitrogen and oxygen atoms in total. The van der Waals surface area contributed by atoms with Crippen LogP contribution < -0.4 is 5.73 Å². The zero-order valence-electron chi connectivity index (χ0n) is 8.34. The Balaban J connectivity index is 2.89. The van der Waals surface area contributed by atoms with Crippen LogP contribution in [0.3, 0.4) is 0 Å². The van der Waals surface area contributed by atoms with Gasteiger partial charge in [0.15, 0.2) is 11.4 Å². The van der Waals surface area contributed by atoms with Crippen LogP contribution in [0.25, 0.3) is 11.1 Å². The molecule has 0 radical (unpaired) electrons. The Hall–Kier alpha value is -1.65. The highest BCUT2D eigenvalue weighted by molar-refractivity contribution is 5.79. The normalized spacial score (nSPS) is 11.5. The minimum atomic E-state index is -0.781. The first kappa shape index (κ1) is 9.89. The van der Waals surface area contributed by atoms with E-state index >= 15 is 0 Å². The number of aromatic nitrogens is 1. The van der Waals surface area contributed by atoms with Gasteiger partial charge >= 0.3 is 0 Å². The third-order valence-electron chi connectivity index (χ3n) is 2.20. The van der Waals surface area contributed by atoms with Crippen molar-refractivity contribution in [3.63, 3.8) is 0 Å². The van der Waals surface area contributed by atoms with Crippen LogP contribution in [0, 0.1) is 11.6 Å². The summed E-state index contributed by atoms with van der Waals surface area (Å²) in [6.45, 7) is 3.58. The molecule has 0 bridgehead atoms. The first-order valence-electron chi connectivity index (χ1n) is 4.54. The molecule has 0 spiro atoms. The molecule has 0 fully saturated rings. The number of halogens is 2. The van der Waals surface area contributed by atoms with E-state index in [1.54, 1.807) is 13.8 Å². The summed E-state index contributed by atoms with van der Waals surface area (Å²) in [7, 11) is 0. The number of oxazole rings is 1. The van der Waals surface area contributed by atoms with Crippen LogP contribution in [-0.4, -0.2) is 4.98 Å². The lowest BCUT2D eigenvalue weighted by atomic mass is 10.0. The molecule has 15 heavy (non-hydrogen) atoms. The molecule has 1 heterocycles. The smallest absolute Gasteiger partial charge is 0.293 e. The summed E-state index contributed by atoms with van der Waals surface area (Å²) in [5.74, 6) is -1.52. The second-order valence-corrected chi connectivity index (χ2v) is 3.64. The summed E-state index contributed by atoms with van der Waals surface area (Å²) in [6, 6.07) is 0.638. The molecule has 2 rings (SSSR count). The molecule has 1 aromatic carbocycles. The molecule has 0 amide bonds. The van der Waals surface area contributed by atoms with E-state index in [-0.39, 0.29) is 23.0 Å². The van der Waals surface area contributed by atoms with Crippen LogP contribution in [0.1, 0.15) is 25.3 Å². The van der Waals surface area contributed by atoms with Crippen LogP contribution in [0.5, 0.6) is 0 Å². The highest BCUT2D eigenvalue weighted by atomic mass is 19.1. The summed E-state index contributed by atoms with van der Waals surface area (Å²) < 4.78 is 31.6. The van der Waals surface area contributed by atoms with Gasteiger partial charge in [0.2, 0.25) is 0 Å². The van der Waals surface area contributed by atoms with E-state index in [0.29, 0.717) is 5.56 Å². The Morgan fingerprint density at radius 2 is 2.00 bits per heavy atom. The lowest BCUT2D eigenvalue weighted by Gasteiger charge is -2.06. The monoisotopic (exact) mass is 212 g/mol. The van der Waals surface area contributed by atoms with Crippen LogP contribution in [0.4, 0.5) is 14.8 Å². The third kappa shape index (κ3) is 1.44. The Morgan fingerprint density at radius 1 is 1.33 bits per heavy atom. The summed E-state index contributed by atoms with van der Waals surface area (Å²) in [4.78, 5) is 3.79. The molecule has 5 heteroatoms. The van der Waals surface area contributed by atoms with Gasteiger partial charge in [0.05, 0.1) is 0 Å². The predicted octanol–water partition coefficient (Wildman–Crippen LogP) is 2.81. The minimum absolute atomic E-state index is 0.0856. The van der Waals surface area contributed by atoms with E-state index < -0.39 is 11.6 Å². The quantitative estimate of drug-likeness (QED) is 0.790. The Labute approximate surface area is 84.9 Å². The van der Waals surface area contributed by atoms with Crippen molar-refractivity contribution >= 4 is 17.1 Å². The average Bonchev–Trinajstić information content (AvgIpc) is 2.45. The summed E-state index contributed by atoms with van der Waals surface area (Å²) >= 11 is 0. The SMILES string of the molecule is CC(C)c1c(F)cc(F)c2oc(N)nc12. The van der Waals surface area contributed by atoms with Crippen molar-refractivity contribution in [3.05, 3.63) is 23.3 Å². The Kier molecular flexibility index (Phi) is 2.10. The van der Waals surface area contributed by atoms with Crippen LogP contribution in [-0.2, 0) is 0 Å². The zero-order chi connectivity index (χ0) is 11.2. The second-order valence-electron chi connectivity index (χ2n) is 3.64. The van der Waals surface area contributed by atoms with E-state index in [2.05, 4.69) is 4.98 Å². The molecule has 0 atom stereocenters. The number of nitrogens with zero attached hydrogens (tertiary/aromatic N) is 1. The van der Waals surface area contributed by atoms with E-state index in [0.717, 1.165) is 6.07 Å². The molecule has 1 aromatic heterocycles. The lowest BCUT2D eigenvalue weighted by Crippen LogP contribution is -1.96. The van der Waals surface area contributed by atoms with Crippen molar-refractivity contribution in [2.24, 2.45) is 0 Å². The standard InChI is InChI=1S/C10H10F2N2O/c1-4(2)7-5(11)3-6(12)9-8(7)14-10(13)15-9/h3-4H,1-2H3,(H2,13,14). The number of fused-ring (bicyclic) bond motifs is 1. The third-order valence-corrected chi connectivity index (χ3v) is 2.20. The molecule has 0 saturated carbocycles. The van der Waals surface area contributed by atoms with Crippen LogP contribution in [0.2, 0.25) is 0 Å². The fourth-order valence-electron chi connectivity index (χ4n) is 1.60. The molecule has 2 N–H and O–H groups in total. The van der Waals surface area contributed by atoms with Gasteiger partial charge in [-0.05, 0) is 5.92 Å². The van der Waals surface area contributed by atoms with Crippen molar-refractivity contribution in [2.75, 3.05) is 5.73 Å². The fraction of sp³-hybridized carbons (Fsp3) is 0.300. The molecule has 0 aliphatic heterocycles. The van der Waals surface area contributed by atoms with Gasteiger partial charge in [-0.25, -0.2) is 8.78 Å². The van der Waals surface area contributed by atoms with Crippen LogP contribution in [0.15, 0.2) is 10.5 Å². The number of hydrogen-bond acceptors (Lipinski definition) is 3. The maximum absolute atomic E-state index is 13.5. The fourth-order valence-corrected chi connectivity index (χ4v) is 1.60. The highest BCUT2D eigenvalue weighted by Crippen LogP contribution is 2.30. The van der Waals surface area contributed by atoms with Gasteiger partial charge in [-0.2, -0.15) is 4.98 Å². The topological polar surface area (TPSA) is 52.0 Å². The number of benzene rings is 1. The van der Waals surface area contributed by atoms with E-state index in [1.807, 2.05) is 0 Å². The van der Waals surface area contributed by atoms with Crippen LogP contribution >= 0.6 is 0 Å². The van der Waals surface area contributed by atoms with Crippen molar-refractivity contribution < 1.29 is 13.2 Å². The molecule has 80 valence electrons. The van der Waals surface area contributed by atoms with Crippen molar-refractivity contribution in [3.8, 4) is 0 Å². The zero-order valence-corrected chi connectivity index (χ0v) is 8.34. The van der Waals surface area contributed by atoms with Crippen molar-refractivity contribution in [2.45, 2.75) is 19.8 Å². The molecular formula is C10H10F2N2O. The molecule has 0 saturated heterocycles. The van der Waals surface area contributed by atoms with Crippen molar-refractivity contribution in [1.29, 1.82) is 0 Å². The molecule has 0 aliphatic carbocycles. The summed E-state index contributed by atoms with van der Waals surface area (Å²) in [6.07, 6.45) is 0. The lowest BCUT2D eigenvalue weighted by molar-refractivity contribution is 0.545. The number of nitrogens with two attached hydrogens (primary N) is 1. The van der Waals surface area contributed by atoms with Gasteiger partial charge in [0, 0.05) is 11.6 Å². The molecule has 0 aliphatic rings. The molecule has 0 unspecified atom stereocenters. The maximum atomic E-state index is 13.5. The minimum Gasteiger partial charge on any atom is -0.421 e. The van der Waals surface area contributed by atoms with Gasteiger partial charge < -0.3 is 10.2 Å². The van der Waals surface area contributed by atoms with E-state index in [1.165, 1.54) is 0 Å². The first-order chi connectivity index (χ1) is 7.00. The van der Waals surface area contributed by atoms with Gasteiger partial charge in [0.1, 0.15) is 11.3 Å². The molecular weight excluding hydrogens is 202 g/mol. The number of nitrogen functional groups attached to an aromatic ring is 1. The predicted molar refractivity (Wildman–Crippen MR) is 52.4 cm³/mol. The number of hydrogen-bond donors (Lipinski definition) is 1. The number of anilines is 1. The van der Waals surface area contributed by atoms with Gasteiger partial charge in [0.25, 0.3) is 6.01 Å². The largest absolute Gasteiger partial charge is 0.421 e. The molecule has 2 aromatic rings. The van der Waals surface area contributed by atoms with Crippen molar-refractivity contribution in [1.82, 2.24) is 4.98 Å². The Bertz CT molecular complexity index is 520. The van der Waals surface area contributed by atoms with E-state index in [9.17, 15) is 8.78 Å². The number of rotatable bonds is 1. The van der Waals surface area contributed by atoms with Gasteiger partial charge in [-0.15, -0.1) is 0 Å². The average molecular weight is 212 g/mol. The Morgan fingerprint density at radius 3 is 2.60 bits per heavy atom.